The molecular weight excluding hydrogens is 280 g/mol. The quantitative estimate of drug-likeness (QED) is 0.806. The highest BCUT2D eigenvalue weighted by molar-refractivity contribution is 9.10. The molecule has 92 valence electrons. The molecule has 2 aromatic rings. The number of nitrogens with zero attached hydrogens (tertiary/aromatic N) is 2. The highest BCUT2D eigenvalue weighted by atomic mass is 79.9. The molecule has 2 heterocycles. The number of H-pyrrole nitrogens is 1. The summed E-state index contributed by atoms with van der Waals surface area (Å²) < 4.78 is 0.975. The molecule has 0 spiro atoms. The van der Waals surface area contributed by atoms with Crippen LogP contribution in [0.15, 0.2) is 16.7 Å². The van der Waals surface area contributed by atoms with Crippen molar-refractivity contribution in [1.82, 2.24) is 15.0 Å². The highest BCUT2D eigenvalue weighted by Crippen LogP contribution is 2.16. The molecule has 0 saturated carbocycles. The van der Waals surface area contributed by atoms with E-state index in [1.165, 1.54) is 12.8 Å². The first kappa shape index (κ1) is 12.5. The number of rotatable bonds is 6. The number of aryl methyl sites for hydroxylation is 1. The van der Waals surface area contributed by atoms with Gasteiger partial charge < -0.3 is 10.7 Å². The maximum Gasteiger partial charge on any atom is 0.177 e. The predicted octanol–water partition coefficient (Wildman–Crippen LogP) is 2.78. The van der Waals surface area contributed by atoms with E-state index in [2.05, 4.69) is 30.9 Å². The number of pyridine rings is 1. The largest absolute Gasteiger partial charge is 0.341 e. The van der Waals surface area contributed by atoms with Crippen LogP contribution in [0.5, 0.6) is 0 Å². The third kappa shape index (κ3) is 3.51. The topological polar surface area (TPSA) is 67.6 Å². The normalized spacial score (nSPS) is 11.2. The molecule has 0 atom stereocenters. The Bertz CT molecular complexity index is 480. The molecule has 0 saturated heterocycles. The van der Waals surface area contributed by atoms with Crippen molar-refractivity contribution in [2.75, 3.05) is 6.54 Å². The first-order valence-corrected chi connectivity index (χ1v) is 6.79. The number of hydrogen-bond donors (Lipinski definition) is 2. The lowest BCUT2D eigenvalue weighted by Crippen LogP contribution is -1.98. The van der Waals surface area contributed by atoms with Crippen LogP contribution < -0.4 is 5.73 Å². The number of aromatic amines is 1. The van der Waals surface area contributed by atoms with Gasteiger partial charge in [0.25, 0.3) is 0 Å². The number of halogens is 1. The Labute approximate surface area is 109 Å². The Hall–Kier alpha value is -0.940. The second-order valence-corrected chi connectivity index (χ2v) is 5.08. The third-order valence-electron chi connectivity index (χ3n) is 2.72. The zero-order chi connectivity index (χ0) is 12.1. The van der Waals surface area contributed by atoms with Gasteiger partial charge in [-0.3, -0.25) is 0 Å². The highest BCUT2D eigenvalue weighted by Gasteiger charge is 2.03. The SMILES string of the molecule is NCCCCCCc1nc2ncc(Br)cc2[nH]1. The van der Waals surface area contributed by atoms with Crippen LogP contribution in [-0.4, -0.2) is 21.5 Å². The number of imidazole rings is 1. The Morgan fingerprint density at radius 2 is 2.06 bits per heavy atom. The smallest absolute Gasteiger partial charge is 0.177 e. The van der Waals surface area contributed by atoms with Crippen molar-refractivity contribution in [2.45, 2.75) is 32.1 Å². The summed E-state index contributed by atoms with van der Waals surface area (Å²) in [6.07, 6.45) is 7.45. The zero-order valence-electron chi connectivity index (χ0n) is 9.75. The van der Waals surface area contributed by atoms with Crippen molar-refractivity contribution in [3.8, 4) is 0 Å². The molecule has 0 unspecified atom stereocenters. The lowest BCUT2D eigenvalue weighted by Gasteiger charge is -1.97. The first-order chi connectivity index (χ1) is 8.29. The molecule has 2 aromatic heterocycles. The number of fused-ring (bicyclic) bond motifs is 1. The zero-order valence-corrected chi connectivity index (χ0v) is 11.3. The van der Waals surface area contributed by atoms with E-state index in [4.69, 9.17) is 5.73 Å². The summed E-state index contributed by atoms with van der Waals surface area (Å²) in [6, 6.07) is 2.01. The van der Waals surface area contributed by atoms with Gasteiger partial charge in [-0.2, -0.15) is 0 Å². The molecular formula is C12H17BrN4. The molecule has 0 aromatic carbocycles. The van der Waals surface area contributed by atoms with Gasteiger partial charge in [-0.05, 0) is 41.4 Å². The van der Waals surface area contributed by atoms with E-state index < -0.39 is 0 Å². The summed E-state index contributed by atoms with van der Waals surface area (Å²) in [5.41, 5.74) is 7.25. The lowest BCUT2D eigenvalue weighted by molar-refractivity contribution is 0.638. The first-order valence-electron chi connectivity index (χ1n) is 6.00. The number of nitrogens with two attached hydrogens (primary N) is 1. The molecule has 5 heteroatoms. The van der Waals surface area contributed by atoms with Gasteiger partial charge in [-0.1, -0.05) is 12.8 Å². The van der Waals surface area contributed by atoms with E-state index in [-0.39, 0.29) is 0 Å². The van der Waals surface area contributed by atoms with Gasteiger partial charge in [0.05, 0.1) is 5.52 Å². The molecule has 2 rings (SSSR count). The molecule has 0 aliphatic carbocycles. The average molecular weight is 297 g/mol. The third-order valence-corrected chi connectivity index (χ3v) is 3.15. The minimum atomic E-state index is 0.794. The van der Waals surface area contributed by atoms with Crippen LogP contribution in [0.1, 0.15) is 31.5 Å². The van der Waals surface area contributed by atoms with Crippen LogP contribution in [0.4, 0.5) is 0 Å². The molecule has 4 nitrogen and oxygen atoms in total. The molecule has 3 N–H and O–H groups in total. The van der Waals surface area contributed by atoms with Gasteiger partial charge in [0.15, 0.2) is 5.65 Å². The molecule has 0 aliphatic heterocycles. The van der Waals surface area contributed by atoms with Crippen LogP contribution in [0.25, 0.3) is 11.2 Å². The summed E-state index contributed by atoms with van der Waals surface area (Å²) in [6.45, 7) is 0.794. The van der Waals surface area contributed by atoms with Crippen LogP contribution in [0.3, 0.4) is 0 Å². The van der Waals surface area contributed by atoms with Crippen molar-refractivity contribution in [3.63, 3.8) is 0 Å². The fourth-order valence-corrected chi connectivity index (χ4v) is 2.16. The van der Waals surface area contributed by atoms with E-state index in [9.17, 15) is 0 Å². The van der Waals surface area contributed by atoms with Crippen molar-refractivity contribution < 1.29 is 0 Å². The summed E-state index contributed by atoms with van der Waals surface area (Å²) >= 11 is 3.40. The molecule has 0 amide bonds. The average Bonchev–Trinajstić information content (AvgIpc) is 2.70. The van der Waals surface area contributed by atoms with Gasteiger partial charge >= 0.3 is 0 Å². The van der Waals surface area contributed by atoms with E-state index >= 15 is 0 Å². The summed E-state index contributed by atoms with van der Waals surface area (Å²) in [5, 5.41) is 0. The van der Waals surface area contributed by atoms with Crippen molar-refractivity contribution in [2.24, 2.45) is 5.73 Å². The number of hydrogen-bond acceptors (Lipinski definition) is 3. The summed E-state index contributed by atoms with van der Waals surface area (Å²) in [7, 11) is 0. The maximum atomic E-state index is 5.46. The number of nitrogens with one attached hydrogen (secondary N) is 1. The molecule has 0 fully saturated rings. The monoisotopic (exact) mass is 296 g/mol. The van der Waals surface area contributed by atoms with Crippen molar-refractivity contribution in [3.05, 3.63) is 22.6 Å². The van der Waals surface area contributed by atoms with E-state index in [1.807, 2.05) is 6.07 Å². The van der Waals surface area contributed by atoms with Gasteiger partial charge in [-0.15, -0.1) is 0 Å². The van der Waals surface area contributed by atoms with Crippen LogP contribution in [-0.2, 0) is 6.42 Å². The lowest BCUT2D eigenvalue weighted by atomic mass is 10.1. The van der Waals surface area contributed by atoms with E-state index in [0.29, 0.717) is 0 Å². The van der Waals surface area contributed by atoms with Gasteiger partial charge in [0.1, 0.15) is 5.82 Å². The van der Waals surface area contributed by atoms with Crippen LogP contribution in [0, 0.1) is 0 Å². The minimum absolute atomic E-state index is 0.794. The fourth-order valence-electron chi connectivity index (χ4n) is 1.83. The maximum absolute atomic E-state index is 5.46. The second-order valence-electron chi connectivity index (χ2n) is 4.16. The Kier molecular flexibility index (Phi) is 4.50. The van der Waals surface area contributed by atoms with Crippen LogP contribution >= 0.6 is 15.9 Å². The summed E-state index contributed by atoms with van der Waals surface area (Å²) in [5.74, 6) is 1.03. The van der Waals surface area contributed by atoms with Crippen molar-refractivity contribution >= 4 is 27.1 Å². The van der Waals surface area contributed by atoms with Crippen LogP contribution in [0.2, 0.25) is 0 Å². The minimum Gasteiger partial charge on any atom is -0.341 e. The Morgan fingerprint density at radius 3 is 2.88 bits per heavy atom. The van der Waals surface area contributed by atoms with Crippen molar-refractivity contribution in [1.29, 1.82) is 0 Å². The molecule has 0 bridgehead atoms. The summed E-state index contributed by atoms with van der Waals surface area (Å²) in [4.78, 5) is 12.0. The fraction of sp³-hybridized carbons (Fsp3) is 0.500. The predicted molar refractivity (Wildman–Crippen MR) is 72.8 cm³/mol. The Morgan fingerprint density at radius 1 is 1.24 bits per heavy atom. The van der Waals surface area contributed by atoms with Gasteiger partial charge in [-0.25, -0.2) is 9.97 Å². The molecule has 17 heavy (non-hydrogen) atoms. The number of aromatic nitrogens is 3. The van der Waals surface area contributed by atoms with Gasteiger partial charge in [0, 0.05) is 17.1 Å². The Balaban J connectivity index is 1.91. The standard InChI is InChI=1S/C12H17BrN4/c13-9-7-10-12(15-8-9)17-11(16-10)5-3-1-2-4-6-14/h7-8H,1-6,14H2,(H,15,16,17). The van der Waals surface area contributed by atoms with Gasteiger partial charge in [0.2, 0.25) is 0 Å². The van der Waals surface area contributed by atoms with E-state index in [0.717, 1.165) is 47.3 Å². The molecule has 0 radical (unpaired) electrons. The second kappa shape index (κ2) is 6.12. The van der Waals surface area contributed by atoms with E-state index in [1.54, 1.807) is 6.20 Å². The number of unbranched alkanes of at least 4 members (excludes halogenated alkanes) is 3. The molecule has 0 aliphatic rings.